The smallest absolute Gasteiger partial charge is 0.357 e. The zero-order valence-corrected chi connectivity index (χ0v) is 15.2. The number of carbonyl (C=O) groups is 1. The molecule has 2 heterocycles. The van der Waals surface area contributed by atoms with Gasteiger partial charge in [0.25, 0.3) is 0 Å². The molecular weight excluding hydrogens is 332 g/mol. The van der Waals surface area contributed by atoms with Crippen LogP contribution in [0, 0.1) is 16.7 Å². The van der Waals surface area contributed by atoms with Crippen LogP contribution in [0.3, 0.4) is 0 Å². The number of hydrogen-bond donors (Lipinski definition) is 0. The Morgan fingerprint density at radius 2 is 2.20 bits per heavy atom. The summed E-state index contributed by atoms with van der Waals surface area (Å²) in [6, 6.07) is 10.1. The lowest BCUT2D eigenvalue weighted by Crippen LogP contribution is -2.31. The van der Waals surface area contributed by atoms with Gasteiger partial charge in [-0.2, -0.15) is 5.26 Å². The molecule has 0 aliphatic heterocycles. The molecule has 2 aromatic heterocycles. The van der Waals surface area contributed by atoms with Gasteiger partial charge in [-0.05, 0) is 55.7 Å². The summed E-state index contributed by atoms with van der Waals surface area (Å²) in [5.74, 6) is -0.373. The molecule has 3 rings (SSSR count). The fourth-order valence-corrected chi connectivity index (χ4v) is 4.19. The highest BCUT2D eigenvalue weighted by atomic mass is 32.1. The monoisotopic (exact) mass is 354 g/mol. The zero-order chi connectivity index (χ0) is 17.7. The van der Waals surface area contributed by atoms with Gasteiger partial charge in [-0.1, -0.05) is 19.4 Å². The predicted octanol–water partition coefficient (Wildman–Crippen LogP) is 5.22. The van der Waals surface area contributed by atoms with Gasteiger partial charge in [0.05, 0.1) is 11.5 Å². The summed E-state index contributed by atoms with van der Waals surface area (Å²) >= 11 is 1.64. The van der Waals surface area contributed by atoms with E-state index in [1.165, 1.54) is 0 Å². The van der Waals surface area contributed by atoms with E-state index in [4.69, 9.17) is 4.74 Å². The fraction of sp³-hybridized carbons (Fsp3) is 0.450. The fourth-order valence-electron chi connectivity index (χ4n) is 3.47. The topological polar surface area (TPSA) is 63.0 Å². The maximum atomic E-state index is 12.3. The van der Waals surface area contributed by atoms with E-state index in [9.17, 15) is 10.1 Å². The van der Waals surface area contributed by atoms with Gasteiger partial charge in [0.2, 0.25) is 0 Å². The SMILES string of the molecule is CCC[C@]1(C#N)CC[C@@H](OC(=O)c2ccc(-c3cccs3)cn2)CC1. The normalized spacial score (nSPS) is 23.0. The molecule has 0 bridgehead atoms. The molecule has 130 valence electrons. The third-order valence-corrected chi connectivity index (χ3v) is 5.83. The van der Waals surface area contributed by atoms with Crippen LogP contribution in [-0.4, -0.2) is 17.1 Å². The maximum absolute atomic E-state index is 12.3. The van der Waals surface area contributed by atoms with E-state index in [1.54, 1.807) is 23.6 Å². The van der Waals surface area contributed by atoms with Crippen molar-refractivity contribution in [3.63, 3.8) is 0 Å². The van der Waals surface area contributed by atoms with Crippen LogP contribution in [0.25, 0.3) is 10.4 Å². The van der Waals surface area contributed by atoms with E-state index in [0.29, 0.717) is 5.69 Å². The number of nitrogens with zero attached hydrogens (tertiary/aromatic N) is 2. The number of thiophene rings is 1. The minimum atomic E-state index is -0.373. The van der Waals surface area contributed by atoms with Crippen molar-refractivity contribution in [2.24, 2.45) is 5.41 Å². The van der Waals surface area contributed by atoms with Crippen LogP contribution in [0.1, 0.15) is 55.9 Å². The van der Waals surface area contributed by atoms with Crippen molar-refractivity contribution in [2.75, 3.05) is 0 Å². The summed E-state index contributed by atoms with van der Waals surface area (Å²) in [4.78, 5) is 17.7. The van der Waals surface area contributed by atoms with Crippen molar-refractivity contribution in [3.8, 4) is 16.5 Å². The lowest BCUT2D eigenvalue weighted by atomic mass is 9.71. The number of hydrogen-bond acceptors (Lipinski definition) is 5. The van der Waals surface area contributed by atoms with Crippen molar-refractivity contribution in [2.45, 2.75) is 51.6 Å². The Morgan fingerprint density at radius 3 is 2.76 bits per heavy atom. The number of rotatable bonds is 5. The molecule has 2 aromatic rings. The van der Waals surface area contributed by atoms with Gasteiger partial charge >= 0.3 is 5.97 Å². The molecule has 0 atom stereocenters. The molecule has 0 amide bonds. The van der Waals surface area contributed by atoms with Gasteiger partial charge in [0.15, 0.2) is 0 Å². The number of esters is 1. The molecule has 1 aliphatic rings. The summed E-state index contributed by atoms with van der Waals surface area (Å²) < 4.78 is 5.62. The van der Waals surface area contributed by atoms with Crippen LogP contribution < -0.4 is 0 Å². The zero-order valence-electron chi connectivity index (χ0n) is 14.4. The molecule has 0 radical (unpaired) electrons. The molecule has 25 heavy (non-hydrogen) atoms. The Labute approximate surface area is 152 Å². The molecule has 1 saturated carbocycles. The molecule has 5 heteroatoms. The Hall–Kier alpha value is -2.19. The largest absolute Gasteiger partial charge is 0.458 e. The van der Waals surface area contributed by atoms with Crippen LogP contribution in [0.2, 0.25) is 0 Å². The van der Waals surface area contributed by atoms with Crippen LogP contribution in [0.4, 0.5) is 0 Å². The van der Waals surface area contributed by atoms with Gasteiger partial charge in [0, 0.05) is 16.6 Å². The van der Waals surface area contributed by atoms with Crippen molar-refractivity contribution in [1.29, 1.82) is 5.26 Å². The average molecular weight is 354 g/mol. The minimum Gasteiger partial charge on any atom is -0.458 e. The third-order valence-electron chi connectivity index (χ3n) is 4.91. The van der Waals surface area contributed by atoms with E-state index in [0.717, 1.165) is 49.0 Å². The summed E-state index contributed by atoms with van der Waals surface area (Å²) in [6.45, 7) is 2.11. The van der Waals surface area contributed by atoms with Crippen LogP contribution in [0.5, 0.6) is 0 Å². The average Bonchev–Trinajstić information content (AvgIpc) is 3.18. The van der Waals surface area contributed by atoms with Gasteiger partial charge in [-0.25, -0.2) is 9.78 Å². The van der Waals surface area contributed by atoms with Crippen molar-refractivity contribution >= 4 is 17.3 Å². The first-order valence-electron chi connectivity index (χ1n) is 8.78. The first-order chi connectivity index (χ1) is 12.2. The van der Waals surface area contributed by atoms with Gasteiger partial charge in [-0.15, -0.1) is 11.3 Å². The third kappa shape index (κ3) is 4.08. The first kappa shape index (κ1) is 17.6. The molecule has 0 unspecified atom stereocenters. The molecule has 0 spiro atoms. The number of ether oxygens (including phenoxy) is 1. The molecule has 4 nitrogen and oxygen atoms in total. The van der Waals surface area contributed by atoms with E-state index in [-0.39, 0.29) is 17.5 Å². The second-order valence-corrected chi connectivity index (χ2v) is 7.60. The van der Waals surface area contributed by atoms with Crippen molar-refractivity contribution in [3.05, 3.63) is 41.5 Å². The Morgan fingerprint density at radius 1 is 1.40 bits per heavy atom. The predicted molar refractivity (Wildman–Crippen MR) is 98.2 cm³/mol. The van der Waals surface area contributed by atoms with E-state index >= 15 is 0 Å². The van der Waals surface area contributed by atoms with Crippen molar-refractivity contribution < 1.29 is 9.53 Å². The Kier molecular flexibility index (Phi) is 5.50. The van der Waals surface area contributed by atoms with E-state index in [2.05, 4.69) is 18.0 Å². The Balaban J connectivity index is 1.57. The minimum absolute atomic E-state index is 0.107. The van der Waals surface area contributed by atoms with Gasteiger partial charge < -0.3 is 4.74 Å². The first-order valence-corrected chi connectivity index (χ1v) is 9.66. The van der Waals surface area contributed by atoms with Gasteiger partial charge in [0.1, 0.15) is 11.8 Å². The molecule has 0 saturated heterocycles. The summed E-state index contributed by atoms with van der Waals surface area (Å²) in [5.41, 5.74) is 1.12. The second-order valence-electron chi connectivity index (χ2n) is 6.66. The molecule has 0 aromatic carbocycles. The van der Waals surface area contributed by atoms with Crippen LogP contribution >= 0.6 is 11.3 Å². The second kappa shape index (κ2) is 7.79. The molecular formula is C20H22N2O2S. The van der Waals surface area contributed by atoms with E-state index in [1.807, 2.05) is 23.6 Å². The maximum Gasteiger partial charge on any atom is 0.357 e. The van der Waals surface area contributed by atoms with Crippen LogP contribution in [0.15, 0.2) is 35.8 Å². The quantitative estimate of drug-likeness (QED) is 0.691. The van der Waals surface area contributed by atoms with Crippen molar-refractivity contribution in [1.82, 2.24) is 4.98 Å². The number of nitriles is 1. The lowest BCUT2D eigenvalue weighted by Gasteiger charge is -2.34. The highest BCUT2D eigenvalue weighted by molar-refractivity contribution is 7.13. The lowest BCUT2D eigenvalue weighted by molar-refractivity contribution is 0.0100. The number of aromatic nitrogens is 1. The molecule has 1 aliphatic carbocycles. The summed E-state index contributed by atoms with van der Waals surface area (Å²) in [7, 11) is 0. The highest BCUT2D eigenvalue weighted by Gasteiger charge is 2.36. The summed E-state index contributed by atoms with van der Waals surface area (Å²) in [5, 5.41) is 11.5. The van der Waals surface area contributed by atoms with Gasteiger partial charge in [-0.3, -0.25) is 0 Å². The van der Waals surface area contributed by atoms with E-state index < -0.39 is 0 Å². The number of pyridine rings is 1. The highest BCUT2D eigenvalue weighted by Crippen LogP contribution is 2.40. The molecule has 1 fully saturated rings. The Bertz CT molecular complexity index is 739. The standard InChI is InChI=1S/C20H22N2O2S/c1-2-9-20(14-21)10-7-16(8-11-20)24-19(23)17-6-5-15(13-22-17)18-4-3-12-25-18/h3-6,12-13,16H,2,7-11H2,1H3/t16-,20+. The summed E-state index contributed by atoms with van der Waals surface area (Å²) in [6.07, 6.45) is 6.67. The number of carbonyl (C=O) groups excluding carboxylic acids is 1. The van der Waals surface area contributed by atoms with Crippen LogP contribution in [-0.2, 0) is 4.74 Å². The molecule has 0 N–H and O–H groups in total.